The van der Waals surface area contributed by atoms with Gasteiger partial charge < -0.3 is 14.6 Å². The molecule has 0 saturated heterocycles. The molecule has 1 N–H and O–H groups in total. The van der Waals surface area contributed by atoms with Crippen LogP contribution in [-0.4, -0.2) is 22.6 Å². The average Bonchev–Trinajstić information content (AvgIpc) is 2.63. The third kappa shape index (κ3) is 3.06. The van der Waals surface area contributed by atoms with Crippen LogP contribution < -0.4 is 10.5 Å². The minimum absolute atomic E-state index is 0.0389. The van der Waals surface area contributed by atoms with Crippen LogP contribution in [0.1, 0.15) is 11.1 Å². The number of hydrogen-bond acceptors (Lipinski definition) is 3. The molecule has 2 aromatic carbocycles. The van der Waals surface area contributed by atoms with E-state index in [0.717, 1.165) is 11.3 Å². The molecule has 6 heteroatoms. The Kier molecular flexibility index (Phi) is 4.74. The summed E-state index contributed by atoms with van der Waals surface area (Å²) in [4.78, 5) is 26.8. The number of aryl methyl sites for hydroxylation is 2. The fraction of sp³-hybridized carbons (Fsp3) is 0.200. The highest BCUT2D eigenvalue weighted by Crippen LogP contribution is 2.32. The lowest BCUT2D eigenvalue weighted by molar-refractivity contribution is -0.117. The van der Waals surface area contributed by atoms with Crippen molar-refractivity contribution in [3.63, 3.8) is 0 Å². The number of amides is 1. The number of fused-ring (bicyclic) bond motifs is 1. The van der Waals surface area contributed by atoms with E-state index in [-0.39, 0.29) is 23.6 Å². The number of nitrogens with zero attached hydrogens (tertiary/aromatic N) is 2. The van der Waals surface area contributed by atoms with Gasteiger partial charge >= 0.3 is 0 Å². The molecular formula is C20H19ClN2O3. The summed E-state index contributed by atoms with van der Waals surface area (Å²) >= 11 is 6.20. The molecule has 3 aromatic rings. The van der Waals surface area contributed by atoms with E-state index in [1.54, 1.807) is 32.3 Å². The first kappa shape index (κ1) is 18.0. The number of hydrogen-bond donors (Lipinski definition) is 1. The van der Waals surface area contributed by atoms with Crippen LogP contribution in [0, 0.1) is 6.92 Å². The number of aromatic nitrogens is 1. The Hall–Kier alpha value is -2.79. The second-order valence-corrected chi connectivity index (χ2v) is 6.70. The molecular weight excluding hydrogens is 352 g/mol. The van der Waals surface area contributed by atoms with Crippen LogP contribution in [0.3, 0.4) is 0 Å². The molecule has 0 aliphatic rings. The number of halogens is 1. The monoisotopic (exact) mass is 370 g/mol. The Morgan fingerprint density at radius 1 is 1.19 bits per heavy atom. The predicted molar refractivity (Wildman–Crippen MR) is 104 cm³/mol. The normalized spacial score (nSPS) is 10.9. The van der Waals surface area contributed by atoms with Crippen molar-refractivity contribution in [1.29, 1.82) is 0 Å². The molecule has 0 aliphatic heterocycles. The van der Waals surface area contributed by atoms with Gasteiger partial charge in [-0.15, -0.1) is 0 Å². The van der Waals surface area contributed by atoms with Crippen LogP contribution in [0.2, 0.25) is 5.02 Å². The lowest BCUT2D eigenvalue weighted by Gasteiger charge is -2.19. The van der Waals surface area contributed by atoms with E-state index in [1.807, 2.05) is 31.2 Å². The third-order valence-electron chi connectivity index (χ3n) is 4.56. The van der Waals surface area contributed by atoms with Gasteiger partial charge in [0, 0.05) is 19.8 Å². The first-order chi connectivity index (χ1) is 12.3. The molecule has 1 heterocycles. The molecule has 0 saturated carbocycles. The number of benzene rings is 2. The molecule has 26 heavy (non-hydrogen) atoms. The molecule has 0 radical (unpaired) electrons. The van der Waals surface area contributed by atoms with E-state index in [1.165, 1.54) is 9.47 Å². The summed E-state index contributed by atoms with van der Waals surface area (Å²) in [6.07, 6.45) is -0.218. The summed E-state index contributed by atoms with van der Waals surface area (Å²) in [7, 11) is 3.24. The number of carbonyl (C=O) groups is 1. The van der Waals surface area contributed by atoms with Gasteiger partial charge in [-0.25, -0.2) is 0 Å². The maximum atomic E-state index is 12.7. The van der Waals surface area contributed by atoms with Crippen LogP contribution >= 0.6 is 11.6 Å². The molecule has 0 atom stereocenters. The fourth-order valence-electron chi connectivity index (χ4n) is 2.93. The standard InChI is InChI=1S/C20H19ClN2O3/c1-12-7-9-13(10-8-12)22(2)17(24)11-14-19(25)18-15(21)5-4-6-16(18)23(3)20(14)26/h4-10,25H,11H2,1-3H3. The van der Waals surface area contributed by atoms with Crippen molar-refractivity contribution in [2.75, 3.05) is 11.9 Å². The van der Waals surface area contributed by atoms with Gasteiger partial charge in [0.05, 0.1) is 27.9 Å². The van der Waals surface area contributed by atoms with Gasteiger partial charge in [-0.3, -0.25) is 9.59 Å². The topological polar surface area (TPSA) is 62.5 Å². The number of pyridine rings is 1. The van der Waals surface area contributed by atoms with Crippen molar-refractivity contribution in [3.05, 3.63) is 69.0 Å². The Balaban J connectivity index is 2.03. The van der Waals surface area contributed by atoms with Crippen LogP contribution in [0.4, 0.5) is 5.69 Å². The van der Waals surface area contributed by atoms with Gasteiger partial charge in [0.25, 0.3) is 5.56 Å². The van der Waals surface area contributed by atoms with Crippen molar-refractivity contribution in [3.8, 4) is 5.75 Å². The van der Waals surface area contributed by atoms with Crippen molar-refractivity contribution in [2.45, 2.75) is 13.3 Å². The quantitative estimate of drug-likeness (QED) is 0.768. The molecule has 0 unspecified atom stereocenters. The zero-order valence-electron chi connectivity index (χ0n) is 14.8. The minimum atomic E-state index is -0.414. The number of carbonyl (C=O) groups excluding carboxylic acids is 1. The summed E-state index contributed by atoms with van der Waals surface area (Å²) in [5, 5.41) is 11.3. The Labute approximate surface area is 156 Å². The molecule has 134 valence electrons. The first-order valence-electron chi connectivity index (χ1n) is 8.13. The lowest BCUT2D eigenvalue weighted by Crippen LogP contribution is -2.31. The van der Waals surface area contributed by atoms with E-state index in [9.17, 15) is 14.7 Å². The summed E-state index contributed by atoms with van der Waals surface area (Å²) < 4.78 is 1.40. The maximum Gasteiger partial charge on any atom is 0.258 e. The average molecular weight is 371 g/mol. The van der Waals surface area contributed by atoms with Crippen LogP contribution in [0.25, 0.3) is 10.9 Å². The molecule has 1 aromatic heterocycles. The highest BCUT2D eigenvalue weighted by Gasteiger charge is 2.21. The number of aromatic hydroxyl groups is 1. The third-order valence-corrected chi connectivity index (χ3v) is 4.88. The maximum absolute atomic E-state index is 12.7. The van der Waals surface area contributed by atoms with E-state index < -0.39 is 5.56 Å². The van der Waals surface area contributed by atoms with E-state index in [4.69, 9.17) is 11.6 Å². The van der Waals surface area contributed by atoms with Gasteiger partial charge in [0.15, 0.2) is 0 Å². The van der Waals surface area contributed by atoms with Gasteiger partial charge in [0.1, 0.15) is 5.75 Å². The van der Waals surface area contributed by atoms with Crippen molar-refractivity contribution >= 4 is 34.1 Å². The molecule has 0 spiro atoms. The molecule has 0 bridgehead atoms. The second kappa shape index (κ2) is 6.84. The minimum Gasteiger partial charge on any atom is -0.507 e. The van der Waals surface area contributed by atoms with Crippen LogP contribution in [0.15, 0.2) is 47.3 Å². The zero-order valence-corrected chi connectivity index (χ0v) is 15.5. The summed E-state index contributed by atoms with van der Waals surface area (Å²) in [5.74, 6) is -0.535. The predicted octanol–water partition coefficient (Wildman–Crippen LogP) is 3.41. The van der Waals surface area contributed by atoms with Crippen LogP contribution in [0.5, 0.6) is 5.75 Å². The molecule has 0 aliphatic carbocycles. The van der Waals surface area contributed by atoms with E-state index in [0.29, 0.717) is 15.9 Å². The number of anilines is 1. The molecule has 3 rings (SSSR count). The second-order valence-electron chi connectivity index (χ2n) is 6.29. The Morgan fingerprint density at radius 2 is 1.85 bits per heavy atom. The van der Waals surface area contributed by atoms with Gasteiger partial charge in [0.2, 0.25) is 5.91 Å². The first-order valence-corrected chi connectivity index (χ1v) is 8.51. The van der Waals surface area contributed by atoms with Gasteiger partial charge in [-0.1, -0.05) is 35.4 Å². The smallest absolute Gasteiger partial charge is 0.258 e. The Bertz CT molecular complexity index is 1060. The fourth-order valence-corrected chi connectivity index (χ4v) is 3.19. The van der Waals surface area contributed by atoms with Crippen molar-refractivity contribution in [2.24, 2.45) is 7.05 Å². The number of likely N-dealkylation sites (N-methyl/N-ethyl adjacent to an activating group) is 1. The Morgan fingerprint density at radius 3 is 2.50 bits per heavy atom. The van der Waals surface area contributed by atoms with Gasteiger partial charge in [-0.05, 0) is 31.2 Å². The molecule has 0 fully saturated rings. The van der Waals surface area contributed by atoms with E-state index in [2.05, 4.69) is 0 Å². The number of rotatable bonds is 3. The van der Waals surface area contributed by atoms with E-state index >= 15 is 0 Å². The summed E-state index contributed by atoms with van der Waals surface area (Å²) in [6, 6.07) is 12.5. The highest BCUT2D eigenvalue weighted by atomic mass is 35.5. The van der Waals surface area contributed by atoms with Crippen LogP contribution in [-0.2, 0) is 18.3 Å². The van der Waals surface area contributed by atoms with Crippen molar-refractivity contribution in [1.82, 2.24) is 4.57 Å². The summed E-state index contributed by atoms with van der Waals surface area (Å²) in [6.45, 7) is 1.96. The SMILES string of the molecule is Cc1ccc(N(C)C(=O)Cc2c(O)c3c(Cl)cccc3n(C)c2=O)cc1. The molecule has 5 nitrogen and oxygen atoms in total. The summed E-state index contributed by atoms with van der Waals surface area (Å²) in [5.41, 5.74) is 1.95. The molecule has 1 amide bonds. The highest BCUT2D eigenvalue weighted by molar-refractivity contribution is 6.36. The zero-order chi connectivity index (χ0) is 19.0. The van der Waals surface area contributed by atoms with Gasteiger partial charge in [-0.2, -0.15) is 0 Å². The lowest BCUT2D eigenvalue weighted by atomic mass is 10.1. The largest absolute Gasteiger partial charge is 0.507 e. The van der Waals surface area contributed by atoms with Crippen molar-refractivity contribution < 1.29 is 9.90 Å².